The second kappa shape index (κ2) is 3.01. The minimum atomic E-state index is 0.0424. The number of nitrogens with zero attached hydrogens (tertiary/aromatic N) is 1. The number of aliphatic imine (C=N–C) groups is 1. The number of ether oxygens (including phenoxy) is 1. The van der Waals surface area contributed by atoms with Crippen LogP contribution in [0.1, 0.15) is 5.56 Å². The molecule has 0 N–H and O–H groups in total. The van der Waals surface area contributed by atoms with Gasteiger partial charge in [-0.2, -0.15) is 0 Å². The van der Waals surface area contributed by atoms with Crippen molar-refractivity contribution in [3.05, 3.63) is 23.8 Å². The zero-order valence-electron chi connectivity index (χ0n) is 7.28. The van der Waals surface area contributed by atoms with Crippen molar-refractivity contribution < 1.29 is 9.53 Å². The van der Waals surface area contributed by atoms with Gasteiger partial charge in [0.15, 0.2) is 5.78 Å². The molecule has 1 aliphatic rings. The number of carbonyl (C=O) groups excluding carboxylic acids is 1. The summed E-state index contributed by atoms with van der Waals surface area (Å²) in [4.78, 5) is 15.1. The second-order valence-corrected chi connectivity index (χ2v) is 2.87. The van der Waals surface area contributed by atoms with Crippen LogP contribution in [0.5, 0.6) is 5.75 Å². The number of para-hydroxylation sites is 1. The summed E-state index contributed by atoms with van der Waals surface area (Å²) >= 11 is 0. The molecule has 3 nitrogen and oxygen atoms in total. The number of rotatable bonds is 1. The number of carbonyl (C=O) groups is 1. The molecular formula is C10H9NO2. The highest BCUT2D eigenvalue weighted by atomic mass is 16.5. The van der Waals surface area contributed by atoms with E-state index < -0.39 is 0 Å². The molecule has 0 amide bonds. The Kier molecular flexibility index (Phi) is 1.85. The van der Waals surface area contributed by atoms with Crippen LogP contribution < -0.4 is 4.74 Å². The van der Waals surface area contributed by atoms with Crippen LogP contribution in [-0.2, 0) is 11.2 Å². The van der Waals surface area contributed by atoms with Gasteiger partial charge in [0.25, 0.3) is 0 Å². The largest absolute Gasteiger partial charge is 0.494 e. The third-order valence-corrected chi connectivity index (χ3v) is 2.00. The zero-order valence-corrected chi connectivity index (χ0v) is 7.28. The summed E-state index contributed by atoms with van der Waals surface area (Å²) in [5.74, 6) is 0.766. The molecule has 0 spiro atoms. The van der Waals surface area contributed by atoms with E-state index in [1.165, 1.54) is 6.21 Å². The third-order valence-electron chi connectivity index (χ3n) is 2.00. The summed E-state index contributed by atoms with van der Waals surface area (Å²) < 4.78 is 5.12. The van der Waals surface area contributed by atoms with Crippen molar-refractivity contribution in [2.24, 2.45) is 4.99 Å². The standard InChI is InChI=1S/C10H9NO2/c1-13-9-4-2-3-7-5-8(12)6-11-10(7)9/h2-4,6H,5H2,1H3. The molecule has 66 valence electrons. The fourth-order valence-electron chi connectivity index (χ4n) is 1.39. The van der Waals surface area contributed by atoms with Gasteiger partial charge >= 0.3 is 0 Å². The molecule has 3 heteroatoms. The summed E-state index contributed by atoms with van der Waals surface area (Å²) in [7, 11) is 1.60. The first-order chi connectivity index (χ1) is 6.31. The first-order valence-corrected chi connectivity index (χ1v) is 4.04. The molecule has 0 unspecified atom stereocenters. The van der Waals surface area contributed by atoms with Crippen molar-refractivity contribution in [3.63, 3.8) is 0 Å². The molecule has 0 atom stereocenters. The lowest BCUT2D eigenvalue weighted by Crippen LogP contribution is -2.08. The Balaban J connectivity index is 2.55. The summed E-state index contributed by atoms with van der Waals surface area (Å²) in [6.45, 7) is 0. The predicted molar refractivity (Wildman–Crippen MR) is 49.9 cm³/mol. The van der Waals surface area contributed by atoms with Gasteiger partial charge in [0, 0.05) is 6.42 Å². The van der Waals surface area contributed by atoms with Crippen LogP contribution in [0.3, 0.4) is 0 Å². The number of fused-ring (bicyclic) bond motifs is 1. The van der Waals surface area contributed by atoms with Gasteiger partial charge < -0.3 is 4.74 Å². The molecule has 1 aliphatic heterocycles. The van der Waals surface area contributed by atoms with Crippen LogP contribution in [0.25, 0.3) is 0 Å². The molecule has 2 rings (SSSR count). The van der Waals surface area contributed by atoms with Crippen LogP contribution in [0.4, 0.5) is 5.69 Å². The molecule has 0 aromatic heterocycles. The van der Waals surface area contributed by atoms with Gasteiger partial charge in [-0.3, -0.25) is 4.79 Å². The second-order valence-electron chi connectivity index (χ2n) is 2.87. The molecule has 0 aliphatic carbocycles. The minimum Gasteiger partial charge on any atom is -0.494 e. The molecule has 1 aromatic rings. The lowest BCUT2D eigenvalue weighted by atomic mass is 10.0. The van der Waals surface area contributed by atoms with Gasteiger partial charge in [-0.15, -0.1) is 0 Å². The normalized spacial score (nSPS) is 14.1. The Bertz CT molecular complexity index is 383. The molecule has 13 heavy (non-hydrogen) atoms. The smallest absolute Gasteiger partial charge is 0.178 e. The Morgan fingerprint density at radius 2 is 2.31 bits per heavy atom. The first kappa shape index (κ1) is 7.98. The molecular weight excluding hydrogens is 166 g/mol. The van der Waals surface area contributed by atoms with Gasteiger partial charge in [0.2, 0.25) is 0 Å². The Morgan fingerprint density at radius 3 is 3.08 bits per heavy atom. The van der Waals surface area contributed by atoms with Crippen LogP contribution in [0.2, 0.25) is 0 Å². The van der Waals surface area contributed by atoms with E-state index in [1.807, 2.05) is 18.2 Å². The van der Waals surface area contributed by atoms with Crippen LogP contribution >= 0.6 is 0 Å². The van der Waals surface area contributed by atoms with Crippen molar-refractivity contribution in [2.45, 2.75) is 6.42 Å². The zero-order chi connectivity index (χ0) is 9.26. The Labute approximate surface area is 76.1 Å². The SMILES string of the molecule is COc1cccc2c1N=CC(=O)C2. The van der Waals surface area contributed by atoms with Crippen molar-refractivity contribution in [1.82, 2.24) is 0 Å². The molecule has 1 aromatic carbocycles. The van der Waals surface area contributed by atoms with E-state index >= 15 is 0 Å². The number of hydrogen-bond donors (Lipinski definition) is 0. The molecule has 0 bridgehead atoms. The minimum absolute atomic E-state index is 0.0424. The maximum absolute atomic E-state index is 11.0. The number of Topliss-reactive ketones (excluding diaryl/α,β-unsaturated/α-hetero) is 1. The van der Waals surface area contributed by atoms with Gasteiger partial charge in [0.1, 0.15) is 11.4 Å². The molecule has 1 heterocycles. The number of benzene rings is 1. The van der Waals surface area contributed by atoms with Crippen LogP contribution in [-0.4, -0.2) is 19.1 Å². The highest BCUT2D eigenvalue weighted by Gasteiger charge is 2.14. The fourth-order valence-corrected chi connectivity index (χ4v) is 1.39. The quantitative estimate of drug-likeness (QED) is 0.649. The van der Waals surface area contributed by atoms with Crippen molar-refractivity contribution in [3.8, 4) is 5.75 Å². The summed E-state index contributed by atoms with van der Waals surface area (Å²) in [6.07, 6.45) is 1.78. The average molecular weight is 175 g/mol. The number of methoxy groups -OCH3 is 1. The van der Waals surface area contributed by atoms with Crippen molar-refractivity contribution >= 4 is 17.7 Å². The van der Waals surface area contributed by atoms with Gasteiger partial charge in [-0.25, -0.2) is 4.99 Å². The van der Waals surface area contributed by atoms with Crippen molar-refractivity contribution in [2.75, 3.05) is 7.11 Å². The average Bonchev–Trinajstić information content (AvgIpc) is 2.16. The van der Waals surface area contributed by atoms with Crippen LogP contribution in [0, 0.1) is 0 Å². The molecule has 0 saturated heterocycles. The Morgan fingerprint density at radius 1 is 1.46 bits per heavy atom. The van der Waals surface area contributed by atoms with Crippen LogP contribution in [0.15, 0.2) is 23.2 Å². The van der Waals surface area contributed by atoms with Gasteiger partial charge in [-0.05, 0) is 11.6 Å². The molecule has 0 fully saturated rings. The van der Waals surface area contributed by atoms with E-state index in [4.69, 9.17) is 4.74 Å². The lowest BCUT2D eigenvalue weighted by molar-refractivity contribution is -0.112. The summed E-state index contributed by atoms with van der Waals surface area (Å²) in [5.41, 5.74) is 1.72. The van der Waals surface area contributed by atoms with E-state index in [1.54, 1.807) is 7.11 Å². The summed E-state index contributed by atoms with van der Waals surface area (Å²) in [5, 5.41) is 0. The van der Waals surface area contributed by atoms with Gasteiger partial charge in [0.05, 0.1) is 13.3 Å². The molecule has 0 saturated carbocycles. The van der Waals surface area contributed by atoms with E-state index in [0.29, 0.717) is 6.42 Å². The lowest BCUT2D eigenvalue weighted by Gasteiger charge is -2.11. The van der Waals surface area contributed by atoms with Crippen molar-refractivity contribution in [1.29, 1.82) is 0 Å². The van der Waals surface area contributed by atoms with Gasteiger partial charge in [-0.1, -0.05) is 12.1 Å². The summed E-state index contributed by atoms with van der Waals surface area (Å²) in [6, 6.07) is 5.60. The van der Waals surface area contributed by atoms with E-state index in [9.17, 15) is 4.79 Å². The van der Waals surface area contributed by atoms with E-state index in [-0.39, 0.29) is 5.78 Å². The van der Waals surface area contributed by atoms with E-state index in [0.717, 1.165) is 17.0 Å². The maximum Gasteiger partial charge on any atom is 0.178 e. The number of hydrogen-bond acceptors (Lipinski definition) is 3. The third kappa shape index (κ3) is 1.33. The Hall–Kier alpha value is -1.64. The van der Waals surface area contributed by atoms with E-state index in [2.05, 4.69) is 4.99 Å². The first-order valence-electron chi connectivity index (χ1n) is 4.04. The topological polar surface area (TPSA) is 38.7 Å². The highest BCUT2D eigenvalue weighted by molar-refractivity contribution is 6.30. The maximum atomic E-state index is 11.0. The fraction of sp³-hybridized carbons (Fsp3) is 0.200. The monoisotopic (exact) mass is 175 g/mol. The molecule has 0 radical (unpaired) electrons. The predicted octanol–water partition coefficient (Wildman–Crippen LogP) is 1.52. The highest BCUT2D eigenvalue weighted by Crippen LogP contribution is 2.32. The number of ketones is 1.